The largest absolute Gasteiger partial charge is 0.408 e. The molecule has 2 aromatic carbocycles. The van der Waals surface area contributed by atoms with E-state index in [4.69, 9.17) is 11.6 Å². The summed E-state index contributed by atoms with van der Waals surface area (Å²) in [5.74, 6) is 0. The van der Waals surface area contributed by atoms with E-state index in [1.54, 1.807) is 28.8 Å². The zero-order chi connectivity index (χ0) is 15.3. The van der Waals surface area contributed by atoms with Crippen molar-refractivity contribution < 1.29 is 4.52 Å². The first-order valence-corrected chi connectivity index (χ1v) is 7.21. The van der Waals surface area contributed by atoms with Gasteiger partial charge in [-0.05, 0) is 43.3 Å². The Hall–Kier alpha value is -2.66. The summed E-state index contributed by atoms with van der Waals surface area (Å²) in [6.45, 7) is 1.84. The fourth-order valence-electron chi connectivity index (χ4n) is 2.63. The van der Waals surface area contributed by atoms with Crippen LogP contribution < -0.4 is 10.1 Å². The van der Waals surface area contributed by atoms with E-state index in [9.17, 15) is 4.79 Å². The topological polar surface area (TPSA) is 54.8 Å². The first-order chi connectivity index (χ1) is 10.6. The van der Waals surface area contributed by atoms with Crippen molar-refractivity contribution in [2.24, 2.45) is 0 Å². The Morgan fingerprint density at radius 3 is 2.64 bits per heavy atom. The van der Waals surface area contributed by atoms with Gasteiger partial charge >= 0.3 is 5.56 Å². The van der Waals surface area contributed by atoms with E-state index in [-0.39, 0.29) is 5.56 Å². The second-order valence-corrected chi connectivity index (χ2v) is 5.52. The number of aryl methyl sites for hydroxylation is 1. The van der Waals surface area contributed by atoms with Crippen LogP contribution in [0.3, 0.4) is 0 Å². The predicted molar refractivity (Wildman–Crippen MR) is 84.6 cm³/mol. The van der Waals surface area contributed by atoms with E-state index >= 15 is 0 Å². The highest BCUT2D eigenvalue weighted by atomic mass is 35.5. The number of H-pyrrole nitrogens is 1. The van der Waals surface area contributed by atoms with Gasteiger partial charge in [-0.1, -0.05) is 33.6 Å². The minimum Gasteiger partial charge on any atom is -0.244 e. The van der Waals surface area contributed by atoms with Crippen LogP contribution in [0.15, 0.2) is 53.3 Å². The summed E-state index contributed by atoms with van der Waals surface area (Å²) in [7, 11) is 0. The van der Waals surface area contributed by atoms with Gasteiger partial charge in [-0.3, -0.25) is 0 Å². The van der Waals surface area contributed by atoms with Crippen LogP contribution in [0.1, 0.15) is 5.69 Å². The van der Waals surface area contributed by atoms with Gasteiger partial charge in [-0.25, -0.2) is 9.78 Å². The molecule has 0 fully saturated rings. The van der Waals surface area contributed by atoms with Crippen molar-refractivity contribution in [1.29, 1.82) is 0 Å². The Morgan fingerprint density at radius 2 is 1.86 bits per heavy atom. The highest BCUT2D eigenvalue weighted by Crippen LogP contribution is 2.13. The summed E-state index contributed by atoms with van der Waals surface area (Å²) in [6.07, 6.45) is 0. The molecule has 0 radical (unpaired) electrons. The third kappa shape index (κ3) is 1.83. The molecule has 1 N–H and O–H groups in total. The first-order valence-electron chi connectivity index (χ1n) is 6.83. The van der Waals surface area contributed by atoms with Crippen LogP contribution in [0.25, 0.3) is 22.2 Å². The molecule has 0 atom stereocenters. The summed E-state index contributed by atoms with van der Waals surface area (Å²) in [5, 5.41) is 3.75. The number of aromatic amines is 1. The highest BCUT2D eigenvalue weighted by molar-refractivity contribution is 6.30. The van der Waals surface area contributed by atoms with Gasteiger partial charge in [0, 0.05) is 5.02 Å². The maximum absolute atomic E-state index is 12.7. The van der Waals surface area contributed by atoms with Crippen LogP contribution in [0.2, 0.25) is 5.02 Å². The van der Waals surface area contributed by atoms with E-state index in [1.807, 2.05) is 31.2 Å². The summed E-state index contributed by atoms with van der Waals surface area (Å²) in [6, 6.07) is 14.8. The smallest absolute Gasteiger partial charge is 0.244 e. The van der Waals surface area contributed by atoms with Gasteiger partial charge in [0.05, 0.1) is 5.69 Å². The number of hydrogen-bond acceptors (Lipinski definition) is 2. The van der Waals surface area contributed by atoms with E-state index in [2.05, 4.69) is 10.2 Å². The van der Waals surface area contributed by atoms with Crippen molar-refractivity contribution in [2.45, 2.75) is 6.92 Å². The van der Waals surface area contributed by atoms with E-state index in [1.165, 1.54) is 4.68 Å². The lowest BCUT2D eigenvalue weighted by atomic mass is 10.2. The number of benzene rings is 2. The number of nitrogens with one attached hydrogen (secondary N) is 1. The fraction of sp³-hybridized carbons (Fsp3) is 0.0625. The molecular formula is C16H12ClN4O+. The van der Waals surface area contributed by atoms with Crippen molar-refractivity contribution >= 4 is 28.2 Å². The van der Waals surface area contributed by atoms with Crippen molar-refractivity contribution in [1.82, 2.24) is 14.9 Å². The maximum Gasteiger partial charge on any atom is 0.408 e. The molecule has 6 heteroatoms. The molecule has 4 aromatic rings. The van der Waals surface area contributed by atoms with E-state index in [0.29, 0.717) is 16.2 Å². The summed E-state index contributed by atoms with van der Waals surface area (Å²) in [4.78, 5) is 17.2. The van der Waals surface area contributed by atoms with Crippen molar-refractivity contribution in [3.8, 4) is 5.69 Å². The molecule has 0 saturated heterocycles. The van der Waals surface area contributed by atoms with Gasteiger partial charge in [0.2, 0.25) is 0 Å². The van der Waals surface area contributed by atoms with Crippen LogP contribution in [0.5, 0.6) is 0 Å². The van der Waals surface area contributed by atoms with Gasteiger partial charge in [-0.2, -0.15) is 0 Å². The number of aromatic nitrogens is 4. The van der Waals surface area contributed by atoms with Crippen molar-refractivity contribution in [2.75, 3.05) is 0 Å². The Balaban J connectivity index is 2.12. The minimum atomic E-state index is -0.141. The zero-order valence-electron chi connectivity index (χ0n) is 11.7. The molecule has 0 aliphatic rings. The third-order valence-electron chi connectivity index (χ3n) is 3.67. The zero-order valence-corrected chi connectivity index (χ0v) is 12.5. The molecular weight excluding hydrogens is 300 g/mol. The molecule has 0 amide bonds. The van der Waals surface area contributed by atoms with Gasteiger partial charge in [0.1, 0.15) is 5.52 Å². The Kier molecular flexibility index (Phi) is 2.77. The van der Waals surface area contributed by atoms with Gasteiger partial charge in [-0.15, -0.1) is 4.52 Å². The SMILES string of the molecule is Cc1nc2ccccc2[n+]2[nH]n(-c3ccc(Cl)cc3)c(=O)c12. The molecule has 2 aromatic heterocycles. The molecule has 0 spiro atoms. The average molecular weight is 312 g/mol. The number of nitrogens with zero attached hydrogens (tertiary/aromatic N) is 3. The van der Waals surface area contributed by atoms with Crippen molar-refractivity contribution in [3.63, 3.8) is 0 Å². The first kappa shape index (κ1) is 13.0. The number of fused-ring (bicyclic) bond motifs is 3. The van der Waals surface area contributed by atoms with Crippen LogP contribution in [0.4, 0.5) is 0 Å². The minimum absolute atomic E-state index is 0.141. The molecule has 108 valence electrons. The summed E-state index contributed by atoms with van der Waals surface area (Å²) >= 11 is 5.91. The van der Waals surface area contributed by atoms with Crippen LogP contribution >= 0.6 is 11.6 Å². The van der Waals surface area contributed by atoms with E-state index < -0.39 is 0 Å². The standard InChI is InChI=1S/C16H11ClN4O/c1-10-15-16(22)20(12-8-6-11(17)7-9-12)19-21(15)14-5-3-2-4-13(14)18-10/h2-9H,1H3/p+1. The lowest BCUT2D eigenvalue weighted by molar-refractivity contribution is -0.556. The molecule has 22 heavy (non-hydrogen) atoms. The number of hydrogen-bond donors (Lipinski definition) is 1. The van der Waals surface area contributed by atoms with Gasteiger partial charge in [0.15, 0.2) is 11.2 Å². The quantitative estimate of drug-likeness (QED) is 0.549. The number of halogens is 1. The number of para-hydroxylation sites is 2. The Morgan fingerprint density at radius 1 is 1.14 bits per heavy atom. The van der Waals surface area contributed by atoms with Crippen molar-refractivity contribution in [3.05, 3.63) is 69.6 Å². The predicted octanol–water partition coefficient (Wildman–Crippen LogP) is 2.41. The van der Waals surface area contributed by atoms with Crippen LogP contribution in [0, 0.1) is 6.92 Å². The molecule has 0 unspecified atom stereocenters. The average Bonchev–Trinajstić information content (AvgIpc) is 2.87. The Bertz CT molecular complexity index is 1060. The summed E-state index contributed by atoms with van der Waals surface area (Å²) < 4.78 is 3.27. The molecule has 0 aliphatic heterocycles. The van der Waals surface area contributed by atoms with Gasteiger partial charge < -0.3 is 0 Å². The fourth-order valence-corrected chi connectivity index (χ4v) is 2.76. The second kappa shape index (κ2) is 4.68. The highest BCUT2D eigenvalue weighted by Gasteiger charge is 2.22. The lowest BCUT2D eigenvalue weighted by Crippen LogP contribution is -2.27. The molecule has 4 rings (SSSR count). The molecule has 5 nitrogen and oxygen atoms in total. The molecule has 2 heterocycles. The lowest BCUT2D eigenvalue weighted by Gasteiger charge is -1.96. The second-order valence-electron chi connectivity index (χ2n) is 5.09. The molecule has 0 saturated carbocycles. The number of rotatable bonds is 1. The van der Waals surface area contributed by atoms with Gasteiger partial charge in [0.25, 0.3) is 5.52 Å². The third-order valence-corrected chi connectivity index (χ3v) is 3.92. The summed E-state index contributed by atoms with van der Waals surface area (Å²) in [5.41, 5.74) is 3.50. The Labute approximate surface area is 130 Å². The molecule has 0 aliphatic carbocycles. The van der Waals surface area contributed by atoms with Crippen LogP contribution in [-0.2, 0) is 0 Å². The molecule has 0 bridgehead atoms. The maximum atomic E-state index is 12.7. The van der Waals surface area contributed by atoms with E-state index in [0.717, 1.165) is 16.7 Å². The monoisotopic (exact) mass is 311 g/mol. The normalized spacial score (nSPS) is 11.4. The van der Waals surface area contributed by atoms with Crippen LogP contribution in [-0.4, -0.2) is 14.9 Å².